The maximum atomic E-state index is 11.3. The zero-order valence-electron chi connectivity index (χ0n) is 10.4. The molecule has 4 nitrogen and oxygen atoms in total. The van der Waals surface area contributed by atoms with Gasteiger partial charge >= 0.3 is 0 Å². The van der Waals surface area contributed by atoms with Crippen LogP contribution in [0.25, 0.3) is 0 Å². The van der Waals surface area contributed by atoms with E-state index in [1.807, 2.05) is 24.3 Å². The van der Waals surface area contributed by atoms with Crippen molar-refractivity contribution >= 4 is 11.5 Å². The van der Waals surface area contributed by atoms with Crippen LogP contribution >= 0.6 is 0 Å². The SMILES string of the molecule is COC1(OC)CN(c2cccc(C(C)=O)c2)C1. The van der Waals surface area contributed by atoms with Gasteiger partial charge < -0.3 is 14.4 Å². The highest BCUT2D eigenvalue weighted by atomic mass is 16.7. The normalized spacial score (nSPS) is 17.7. The van der Waals surface area contributed by atoms with E-state index in [1.54, 1.807) is 21.1 Å². The maximum Gasteiger partial charge on any atom is 0.203 e. The molecule has 0 aromatic heterocycles. The fraction of sp³-hybridized carbons (Fsp3) is 0.462. The molecule has 1 aromatic rings. The summed E-state index contributed by atoms with van der Waals surface area (Å²) in [6.07, 6.45) is 0. The Morgan fingerprint density at radius 1 is 1.29 bits per heavy atom. The van der Waals surface area contributed by atoms with Crippen LogP contribution in [0.1, 0.15) is 17.3 Å². The number of Topliss-reactive ketones (excluding diaryl/α,β-unsaturated/α-hetero) is 1. The van der Waals surface area contributed by atoms with Gasteiger partial charge in [-0.3, -0.25) is 4.79 Å². The zero-order valence-corrected chi connectivity index (χ0v) is 10.4. The van der Waals surface area contributed by atoms with Crippen LogP contribution in [0.4, 0.5) is 5.69 Å². The largest absolute Gasteiger partial charge is 0.361 e. The molecule has 1 fully saturated rings. The molecular weight excluding hydrogens is 218 g/mol. The Morgan fingerprint density at radius 2 is 1.94 bits per heavy atom. The van der Waals surface area contributed by atoms with E-state index in [-0.39, 0.29) is 5.78 Å². The Balaban J connectivity index is 2.11. The second-order valence-electron chi connectivity index (χ2n) is 4.28. The minimum Gasteiger partial charge on any atom is -0.361 e. The van der Waals surface area contributed by atoms with E-state index in [9.17, 15) is 4.79 Å². The third kappa shape index (κ3) is 2.18. The first-order valence-electron chi connectivity index (χ1n) is 5.56. The monoisotopic (exact) mass is 235 g/mol. The maximum absolute atomic E-state index is 11.3. The van der Waals surface area contributed by atoms with Crippen LogP contribution in [0, 0.1) is 0 Å². The van der Waals surface area contributed by atoms with E-state index in [2.05, 4.69) is 4.90 Å². The number of nitrogens with zero attached hydrogens (tertiary/aromatic N) is 1. The average molecular weight is 235 g/mol. The lowest BCUT2D eigenvalue weighted by molar-refractivity contribution is -0.219. The molecule has 0 spiro atoms. The van der Waals surface area contributed by atoms with Crippen LogP contribution in [-0.2, 0) is 9.47 Å². The Hall–Kier alpha value is -1.39. The Bertz CT molecular complexity index is 418. The first-order valence-corrected chi connectivity index (χ1v) is 5.56. The fourth-order valence-electron chi connectivity index (χ4n) is 1.98. The van der Waals surface area contributed by atoms with Crippen molar-refractivity contribution < 1.29 is 14.3 Å². The molecule has 0 unspecified atom stereocenters. The Morgan fingerprint density at radius 3 is 2.47 bits per heavy atom. The second kappa shape index (κ2) is 4.47. The number of carbonyl (C=O) groups excluding carboxylic acids is 1. The number of rotatable bonds is 4. The summed E-state index contributed by atoms with van der Waals surface area (Å²) in [5.74, 6) is -0.413. The van der Waals surface area contributed by atoms with Crippen molar-refractivity contribution in [1.82, 2.24) is 0 Å². The molecule has 1 aromatic carbocycles. The molecule has 0 aliphatic carbocycles. The van der Waals surface area contributed by atoms with Gasteiger partial charge in [-0.15, -0.1) is 0 Å². The summed E-state index contributed by atoms with van der Waals surface area (Å²) < 4.78 is 10.6. The van der Waals surface area contributed by atoms with E-state index in [1.165, 1.54) is 0 Å². The van der Waals surface area contributed by atoms with Crippen molar-refractivity contribution in [3.8, 4) is 0 Å². The van der Waals surface area contributed by atoms with Gasteiger partial charge in [0.25, 0.3) is 0 Å². The van der Waals surface area contributed by atoms with Crippen molar-refractivity contribution in [3.63, 3.8) is 0 Å². The van der Waals surface area contributed by atoms with E-state index in [4.69, 9.17) is 9.47 Å². The van der Waals surface area contributed by atoms with Gasteiger partial charge in [0.1, 0.15) is 0 Å². The number of benzene rings is 1. The number of ether oxygens (including phenoxy) is 2. The number of hydrogen-bond acceptors (Lipinski definition) is 4. The van der Waals surface area contributed by atoms with Crippen molar-refractivity contribution in [2.75, 3.05) is 32.2 Å². The zero-order chi connectivity index (χ0) is 12.5. The molecule has 2 rings (SSSR count). The van der Waals surface area contributed by atoms with Crippen LogP contribution in [-0.4, -0.2) is 38.9 Å². The summed E-state index contributed by atoms with van der Waals surface area (Å²) in [4.78, 5) is 13.4. The molecule has 1 aliphatic rings. The van der Waals surface area contributed by atoms with Crippen LogP contribution in [0.15, 0.2) is 24.3 Å². The van der Waals surface area contributed by atoms with Crippen molar-refractivity contribution in [2.45, 2.75) is 12.7 Å². The first-order chi connectivity index (χ1) is 8.10. The van der Waals surface area contributed by atoms with Gasteiger partial charge in [0, 0.05) is 25.5 Å². The van der Waals surface area contributed by atoms with E-state index < -0.39 is 5.79 Å². The fourth-order valence-corrected chi connectivity index (χ4v) is 1.98. The molecule has 1 saturated heterocycles. The van der Waals surface area contributed by atoms with Gasteiger partial charge in [0.2, 0.25) is 5.79 Å². The van der Waals surface area contributed by atoms with Crippen molar-refractivity contribution in [3.05, 3.63) is 29.8 Å². The Kier molecular flexibility index (Phi) is 3.17. The van der Waals surface area contributed by atoms with Gasteiger partial charge in [-0.1, -0.05) is 12.1 Å². The molecular formula is C13H17NO3. The molecule has 0 radical (unpaired) electrons. The summed E-state index contributed by atoms with van der Waals surface area (Å²) in [6, 6.07) is 7.61. The minimum atomic E-state index is -0.494. The van der Waals surface area contributed by atoms with Gasteiger partial charge in [-0.2, -0.15) is 0 Å². The number of hydrogen-bond donors (Lipinski definition) is 0. The van der Waals surface area contributed by atoms with Crippen LogP contribution in [0.5, 0.6) is 0 Å². The number of anilines is 1. The topological polar surface area (TPSA) is 38.8 Å². The summed E-state index contributed by atoms with van der Waals surface area (Å²) in [6.45, 7) is 2.94. The first kappa shape index (κ1) is 12.1. The minimum absolute atomic E-state index is 0.0807. The third-order valence-corrected chi connectivity index (χ3v) is 3.23. The van der Waals surface area contributed by atoms with Crippen LogP contribution in [0.3, 0.4) is 0 Å². The Labute approximate surface area is 101 Å². The molecule has 0 amide bonds. The molecule has 0 N–H and O–H groups in total. The van der Waals surface area contributed by atoms with Crippen molar-refractivity contribution in [2.24, 2.45) is 0 Å². The second-order valence-corrected chi connectivity index (χ2v) is 4.28. The van der Waals surface area contributed by atoms with Gasteiger partial charge in [0.05, 0.1) is 13.1 Å². The third-order valence-electron chi connectivity index (χ3n) is 3.23. The molecule has 1 heterocycles. The predicted molar refractivity (Wildman–Crippen MR) is 65.4 cm³/mol. The van der Waals surface area contributed by atoms with Gasteiger partial charge in [-0.25, -0.2) is 0 Å². The van der Waals surface area contributed by atoms with E-state index in [0.29, 0.717) is 13.1 Å². The standard InChI is InChI=1S/C13H17NO3/c1-10(15)11-5-4-6-12(7-11)14-8-13(9-14,16-2)17-3/h4-7H,8-9H2,1-3H3. The number of ketones is 1. The highest BCUT2D eigenvalue weighted by Gasteiger charge is 2.43. The lowest BCUT2D eigenvalue weighted by atomic mass is 10.0. The number of carbonyl (C=O) groups is 1. The molecule has 1 aliphatic heterocycles. The molecule has 17 heavy (non-hydrogen) atoms. The lowest BCUT2D eigenvalue weighted by Crippen LogP contribution is -2.64. The smallest absolute Gasteiger partial charge is 0.203 e. The van der Waals surface area contributed by atoms with Crippen LogP contribution in [0.2, 0.25) is 0 Å². The van der Waals surface area contributed by atoms with E-state index in [0.717, 1.165) is 11.3 Å². The summed E-state index contributed by atoms with van der Waals surface area (Å²) in [5.41, 5.74) is 1.76. The van der Waals surface area contributed by atoms with Gasteiger partial charge in [-0.05, 0) is 19.1 Å². The van der Waals surface area contributed by atoms with E-state index >= 15 is 0 Å². The summed E-state index contributed by atoms with van der Waals surface area (Å²) in [5, 5.41) is 0. The molecule has 0 saturated carbocycles. The lowest BCUT2D eigenvalue weighted by Gasteiger charge is -2.48. The molecule has 0 bridgehead atoms. The predicted octanol–water partition coefficient (Wildman–Crippen LogP) is 1.70. The van der Waals surface area contributed by atoms with Gasteiger partial charge in [0.15, 0.2) is 5.78 Å². The quantitative estimate of drug-likeness (QED) is 0.588. The molecule has 0 atom stereocenters. The highest BCUT2D eigenvalue weighted by Crippen LogP contribution is 2.30. The average Bonchev–Trinajstić information content (AvgIpc) is 2.29. The van der Waals surface area contributed by atoms with Crippen LogP contribution < -0.4 is 4.90 Å². The summed E-state index contributed by atoms with van der Waals surface area (Å²) in [7, 11) is 3.29. The summed E-state index contributed by atoms with van der Waals surface area (Å²) >= 11 is 0. The van der Waals surface area contributed by atoms with Crippen molar-refractivity contribution in [1.29, 1.82) is 0 Å². The molecule has 4 heteroatoms. The highest BCUT2D eigenvalue weighted by molar-refractivity contribution is 5.95. The number of methoxy groups -OCH3 is 2. The molecule has 92 valence electrons.